The maximum atomic E-state index is 12.1. The summed E-state index contributed by atoms with van der Waals surface area (Å²) in [6, 6.07) is 5.49. The van der Waals surface area contributed by atoms with E-state index in [1.165, 1.54) is 0 Å². The lowest BCUT2D eigenvalue weighted by molar-refractivity contribution is 0.0850. The van der Waals surface area contributed by atoms with Crippen molar-refractivity contribution in [2.75, 3.05) is 5.73 Å². The van der Waals surface area contributed by atoms with Crippen LogP contribution in [0.4, 0.5) is 5.69 Å². The van der Waals surface area contributed by atoms with Gasteiger partial charge in [-0.25, -0.2) is 0 Å². The highest BCUT2D eigenvalue weighted by atomic mass is 16.3. The maximum Gasteiger partial charge on any atom is 0.253 e. The van der Waals surface area contributed by atoms with Crippen LogP contribution in [-0.4, -0.2) is 23.2 Å². The van der Waals surface area contributed by atoms with E-state index in [1.54, 1.807) is 12.1 Å². The number of nitrogens with one attached hydrogen (secondary N) is 1. The number of aryl methyl sites for hydroxylation is 1. The molecule has 18 heavy (non-hydrogen) atoms. The molecule has 1 aromatic rings. The molecule has 1 saturated carbocycles. The van der Waals surface area contributed by atoms with Gasteiger partial charge in [-0.1, -0.05) is 11.6 Å². The third-order valence-corrected chi connectivity index (χ3v) is 3.44. The highest BCUT2D eigenvalue weighted by molar-refractivity contribution is 5.99. The Morgan fingerprint density at radius 2 is 2.22 bits per heavy atom. The third-order valence-electron chi connectivity index (χ3n) is 3.44. The summed E-state index contributed by atoms with van der Waals surface area (Å²) in [5.74, 6) is -0.143. The van der Waals surface area contributed by atoms with Gasteiger partial charge in [0.25, 0.3) is 5.91 Å². The summed E-state index contributed by atoms with van der Waals surface area (Å²) < 4.78 is 0. The number of aliphatic hydroxyl groups is 1. The van der Waals surface area contributed by atoms with E-state index in [-0.39, 0.29) is 18.1 Å². The van der Waals surface area contributed by atoms with Crippen molar-refractivity contribution >= 4 is 11.6 Å². The topological polar surface area (TPSA) is 75.4 Å². The number of amides is 1. The Balaban J connectivity index is 2.05. The minimum atomic E-state index is -0.293. The highest BCUT2D eigenvalue weighted by Gasteiger charge is 2.22. The molecule has 1 aliphatic rings. The molecule has 98 valence electrons. The quantitative estimate of drug-likeness (QED) is 0.696. The van der Waals surface area contributed by atoms with Crippen molar-refractivity contribution in [1.82, 2.24) is 5.32 Å². The Bertz CT molecular complexity index is 445. The van der Waals surface area contributed by atoms with E-state index >= 15 is 0 Å². The fourth-order valence-electron chi connectivity index (χ4n) is 2.43. The van der Waals surface area contributed by atoms with Crippen LogP contribution in [0.5, 0.6) is 0 Å². The Hall–Kier alpha value is -1.55. The first kappa shape index (κ1) is 12.9. The number of hydrogen-bond donors (Lipinski definition) is 3. The van der Waals surface area contributed by atoms with E-state index in [9.17, 15) is 9.90 Å². The van der Waals surface area contributed by atoms with Crippen LogP contribution < -0.4 is 11.1 Å². The number of rotatable bonds is 2. The molecule has 0 aromatic heterocycles. The van der Waals surface area contributed by atoms with Crippen molar-refractivity contribution in [2.24, 2.45) is 0 Å². The summed E-state index contributed by atoms with van der Waals surface area (Å²) in [6.07, 6.45) is 3.05. The maximum absolute atomic E-state index is 12.1. The largest absolute Gasteiger partial charge is 0.398 e. The third kappa shape index (κ3) is 3.01. The molecule has 0 heterocycles. The van der Waals surface area contributed by atoms with Gasteiger partial charge in [-0.2, -0.15) is 0 Å². The molecule has 4 nitrogen and oxygen atoms in total. The number of nitrogen functional groups attached to an aromatic ring is 1. The second-order valence-corrected chi connectivity index (χ2v) is 5.08. The van der Waals surface area contributed by atoms with E-state index in [0.29, 0.717) is 17.7 Å². The monoisotopic (exact) mass is 248 g/mol. The molecule has 2 unspecified atom stereocenters. The van der Waals surface area contributed by atoms with Gasteiger partial charge in [0.05, 0.1) is 11.7 Å². The fraction of sp³-hybridized carbons (Fsp3) is 0.500. The lowest BCUT2D eigenvalue weighted by Gasteiger charge is -2.26. The van der Waals surface area contributed by atoms with Crippen molar-refractivity contribution in [3.8, 4) is 0 Å². The van der Waals surface area contributed by atoms with E-state index in [1.807, 2.05) is 13.0 Å². The zero-order chi connectivity index (χ0) is 13.1. The van der Waals surface area contributed by atoms with Crippen LogP contribution in [0.3, 0.4) is 0 Å². The number of nitrogens with two attached hydrogens (primary N) is 1. The van der Waals surface area contributed by atoms with Gasteiger partial charge in [-0.15, -0.1) is 0 Å². The fourth-order valence-corrected chi connectivity index (χ4v) is 2.43. The summed E-state index contributed by atoms with van der Waals surface area (Å²) in [7, 11) is 0. The van der Waals surface area contributed by atoms with Crippen LogP contribution in [0.2, 0.25) is 0 Å². The molecule has 0 radical (unpaired) electrons. The molecular formula is C14H20N2O2. The summed E-state index contributed by atoms with van der Waals surface area (Å²) >= 11 is 0. The lowest BCUT2D eigenvalue weighted by atomic mass is 9.93. The molecular weight excluding hydrogens is 228 g/mol. The van der Waals surface area contributed by atoms with E-state index in [2.05, 4.69) is 5.32 Å². The normalized spacial score (nSPS) is 23.7. The Morgan fingerprint density at radius 1 is 1.44 bits per heavy atom. The van der Waals surface area contributed by atoms with Crippen LogP contribution in [0.1, 0.15) is 41.6 Å². The zero-order valence-corrected chi connectivity index (χ0v) is 10.6. The predicted molar refractivity (Wildman–Crippen MR) is 71.3 cm³/mol. The molecule has 2 rings (SSSR count). The van der Waals surface area contributed by atoms with Crippen LogP contribution >= 0.6 is 0 Å². The summed E-state index contributed by atoms with van der Waals surface area (Å²) in [4.78, 5) is 12.1. The first-order valence-electron chi connectivity index (χ1n) is 6.41. The summed E-state index contributed by atoms with van der Waals surface area (Å²) in [5.41, 5.74) is 7.84. The van der Waals surface area contributed by atoms with Crippen molar-refractivity contribution in [1.29, 1.82) is 0 Å². The molecule has 0 bridgehead atoms. The van der Waals surface area contributed by atoms with Gasteiger partial charge in [0.2, 0.25) is 0 Å². The predicted octanol–water partition coefficient (Wildman–Crippen LogP) is 1.61. The average molecular weight is 248 g/mol. The minimum absolute atomic E-state index is 0.0566. The number of carbonyl (C=O) groups excluding carboxylic acids is 1. The van der Waals surface area contributed by atoms with E-state index < -0.39 is 0 Å². The standard InChI is InChI=1S/C14H20N2O2/c1-9-5-6-13(15)12(7-9)14(18)16-10-3-2-4-11(17)8-10/h5-7,10-11,17H,2-4,8,15H2,1H3,(H,16,18). The molecule has 1 amide bonds. The second-order valence-electron chi connectivity index (χ2n) is 5.08. The molecule has 1 aromatic carbocycles. The van der Waals surface area contributed by atoms with E-state index in [4.69, 9.17) is 5.73 Å². The Morgan fingerprint density at radius 3 is 2.94 bits per heavy atom. The van der Waals surface area contributed by atoms with Gasteiger partial charge in [0.1, 0.15) is 0 Å². The van der Waals surface area contributed by atoms with Gasteiger partial charge in [0, 0.05) is 11.7 Å². The molecule has 1 aliphatic carbocycles. The number of aliphatic hydroxyl groups excluding tert-OH is 1. The van der Waals surface area contributed by atoms with Gasteiger partial charge < -0.3 is 16.2 Å². The SMILES string of the molecule is Cc1ccc(N)c(C(=O)NC2CCCC(O)C2)c1. The Labute approximate surface area is 107 Å². The van der Waals surface area contributed by atoms with Crippen molar-refractivity contribution in [2.45, 2.75) is 44.8 Å². The summed E-state index contributed by atoms with van der Waals surface area (Å²) in [5, 5.41) is 12.5. The molecule has 0 saturated heterocycles. The smallest absolute Gasteiger partial charge is 0.253 e. The first-order chi connectivity index (χ1) is 8.56. The summed E-state index contributed by atoms with van der Waals surface area (Å²) in [6.45, 7) is 1.93. The molecule has 2 atom stereocenters. The van der Waals surface area contributed by atoms with Crippen LogP contribution in [-0.2, 0) is 0 Å². The van der Waals surface area contributed by atoms with E-state index in [0.717, 1.165) is 24.8 Å². The van der Waals surface area contributed by atoms with Crippen molar-refractivity contribution in [3.05, 3.63) is 29.3 Å². The average Bonchev–Trinajstić information content (AvgIpc) is 2.32. The number of hydrogen-bond acceptors (Lipinski definition) is 3. The number of benzene rings is 1. The first-order valence-corrected chi connectivity index (χ1v) is 6.41. The van der Waals surface area contributed by atoms with Gasteiger partial charge in [-0.05, 0) is 44.7 Å². The molecule has 4 heteroatoms. The lowest BCUT2D eigenvalue weighted by Crippen LogP contribution is -2.40. The Kier molecular flexibility index (Phi) is 3.87. The van der Waals surface area contributed by atoms with Crippen LogP contribution in [0.25, 0.3) is 0 Å². The number of carbonyl (C=O) groups is 1. The molecule has 1 fully saturated rings. The second kappa shape index (κ2) is 5.40. The van der Waals surface area contributed by atoms with Crippen LogP contribution in [0, 0.1) is 6.92 Å². The van der Waals surface area contributed by atoms with Crippen LogP contribution in [0.15, 0.2) is 18.2 Å². The molecule has 0 spiro atoms. The minimum Gasteiger partial charge on any atom is -0.398 e. The van der Waals surface area contributed by atoms with Gasteiger partial charge in [-0.3, -0.25) is 4.79 Å². The van der Waals surface area contributed by atoms with Gasteiger partial charge in [0.15, 0.2) is 0 Å². The number of anilines is 1. The van der Waals surface area contributed by atoms with Gasteiger partial charge >= 0.3 is 0 Å². The zero-order valence-electron chi connectivity index (χ0n) is 10.6. The van der Waals surface area contributed by atoms with Crippen molar-refractivity contribution in [3.63, 3.8) is 0 Å². The molecule has 4 N–H and O–H groups in total. The molecule has 0 aliphatic heterocycles. The van der Waals surface area contributed by atoms with Crippen molar-refractivity contribution < 1.29 is 9.90 Å². The highest BCUT2D eigenvalue weighted by Crippen LogP contribution is 2.20.